The second-order valence-electron chi connectivity index (χ2n) is 12.7. The predicted octanol–water partition coefficient (Wildman–Crippen LogP) is 3.55. The monoisotopic (exact) mass is 574 g/mol. The molecule has 218 valence electrons. The van der Waals surface area contributed by atoms with Gasteiger partial charge in [0.1, 0.15) is 5.65 Å². The molecule has 2 amide bonds. The van der Waals surface area contributed by atoms with Crippen LogP contribution in [0.15, 0.2) is 48.9 Å². The first-order valence-corrected chi connectivity index (χ1v) is 15.2. The third kappa shape index (κ3) is 4.13. The molecule has 4 aliphatic heterocycles. The first-order valence-electron chi connectivity index (χ1n) is 15.2. The van der Waals surface area contributed by atoms with Crippen LogP contribution in [0.3, 0.4) is 0 Å². The molecule has 0 aliphatic carbocycles. The van der Waals surface area contributed by atoms with Gasteiger partial charge in [-0.1, -0.05) is 6.07 Å². The van der Waals surface area contributed by atoms with Gasteiger partial charge in [0.25, 0.3) is 0 Å². The summed E-state index contributed by atoms with van der Waals surface area (Å²) >= 11 is 0. The third-order valence-corrected chi connectivity index (χ3v) is 10.1. The maximum absolute atomic E-state index is 13.9. The summed E-state index contributed by atoms with van der Waals surface area (Å²) in [5.74, 6) is 0.00933. The number of carbonyl (C=O) groups excluding carboxylic acids is 2. The quantitative estimate of drug-likeness (QED) is 0.393. The number of hydrogen-bond donors (Lipinski definition) is 1. The van der Waals surface area contributed by atoms with Crippen molar-refractivity contribution in [2.75, 3.05) is 46.3 Å². The van der Waals surface area contributed by atoms with Gasteiger partial charge in [0.05, 0.1) is 46.9 Å². The Morgan fingerprint density at radius 3 is 2.74 bits per heavy atom. The zero-order chi connectivity index (χ0) is 29.3. The first-order chi connectivity index (χ1) is 20.9. The molecule has 43 heavy (non-hydrogen) atoms. The van der Waals surface area contributed by atoms with Crippen LogP contribution in [0.5, 0.6) is 0 Å². The Labute approximate surface area is 249 Å². The van der Waals surface area contributed by atoms with Crippen LogP contribution in [0, 0.1) is 16.7 Å². The first kappa shape index (κ1) is 26.0. The number of imidazole rings is 1. The SMILES string of the molecule is CN1CCC2(CC1)CCN(C(=O)N1CCn3cc(C4=C(c5cnc6ccccn56)C(=O)CN4)c4cc(C#N)cc(c43)C1)C2. The van der Waals surface area contributed by atoms with Gasteiger partial charge in [-0.3, -0.25) is 9.20 Å². The highest BCUT2D eigenvalue weighted by molar-refractivity contribution is 6.32. The van der Waals surface area contributed by atoms with Crippen LogP contribution in [0.1, 0.15) is 41.6 Å². The summed E-state index contributed by atoms with van der Waals surface area (Å²) in [6, 6.07) is 12.0. The number of amides is 2. The molecule has 1 aromatic carbocycles. The molecular weight excluding hydrogens is 540 g/mol. The van der Waals surface area contributed by atoms with Gasteiger partial charge in [-0.2, -0.15) is 5.26 Å². The molecule has 8 rings (SSSR count). The summed E-state index contributed by atoms with van der Waals surface area (Å²) < 4.78 is 4.13. The fraction of sp³-hybridized carbons (Fsp3) is 0.394. The Morgan fingerprint density at radius 2 is 1.91 bits per heavy atom. The number of pyridine rings is 1. The van der Waals surface area contributed by atoms with E-state index in [0.717, 1.165) is 84.5 Å². The van der Waals surface area contributed by atoms with Gasteiger partial charge in [0.15, 0.2) is 5.78 Å². The van der Waals surface area contributed by atoms with Crippen molar-refractivity contribution in [3.8, 4) is 6.07 Å². The number of piperidine rings is 1. The highest BCUT2D eigenvalue weighted by Gasteiger charge is 2.42. The summed E-state index contributed by atoms with van der Waals surface area (Å²) in [4.78, 5) is 38.1. The molecule has 4 aromatic rings. The van der Waals surface area contributed by atoms with E-state index in [-0.39, 0.29) is 23.8 Å². The van der Waals surface area contributed by atoms with Crippen molar-refractivity contribution in [1.82, 2.24) is 34.0 Å². The molecule has 1 spiro atoms. The van der Waals surface area contributed by atoms with Crippen LogP contribution in [0.25, 0.3) is 27.8 Å². The Kier molecular flexibility index (Phi) is 5.88. The fourth-order valence-corrected chi connectivity index (χ4v) is 7.67. The smallest absolute Gasteiger partial charge is 0.320 e. The summed E-state index contributed by atoms with van der Waals surface area (Å²) in [6.07, 6.45) is 9.12. The third-order valence-electron chi connectivity index (χ3n) is 10.1. The van der Waals surface area contributed by atoms with Crippen LogP contribution >= 0.6 is 0 Å². The average Bonchev–Trinajstić information content (AvgIpc) is 3.78. The second-order valence-corrected chi connectivity index (χ2v) is 12.7. The van der Waals surface area contributed by atoms with E-state index in [4.69, 9.17) is 0 Å². The molecule has 7 heterocycles. The van der Waals surface area contributed by atoms with Crippen LogP contribution in [0.4, 0.5) is 4.79 Å². The molecule has 0 radical (unpaired) electrons. The lowest BCUT2D eigenvalue weighted by molar-refractivity contribution is -0.112. The summed E-state index contributed by atoms with van der Waals surface area (Å²) in [6.45, 7) is 5.71. The molecule has 0 bridgehead atoms. The number of Topliss-reactive ketones (excluding diaryl/α,β-unsaturated/α-hetero) is 1. The van der Waals surface area contributed by atoms with Crippen molar-refractivity contribution in [1.29, 1.82) is 5.26 Å². The van der Waals surface area contributed by atoms with Crippen molar-refractivity contribution in [2.45, 2.75) is 32.4 Å². The lowest BCUT2D eigenvalue weighted by Gasteiger charge is -2.38. The lowest BCUT2D eigenvalue weighted by Crippen LogP contribution is -2.45. The van der Waals surface area contributed by atoms with Gasteiger partial charge < -0.3 is 24.6 Å². The Morgan fingerprint density at radius 1 is 1.07 bits per heavy atom. The molecule has 1 N–H and O–H groups in total. The molecule has 0 saturated carbocycles. The molecule has 2 fully saturated rings. The standard InChI is InChI=1S/C33H34N8O2/c1-37-9-5-33(6-10-37)7-11-40(21-33)32(43)39-13-12-38-20-25(24-15-22(16-34)14-23(19-39)31(24)38)30-29(27(42)18-36-30)26-17-35-28-4-2-3-8-41(26)28/h2-4,8,14-15,17,20,36H,5-7,9-13,18-19,21H2,1H3. The number of ketones is 1. The Hall–Kier alpha value is -4.62. The number of nitrogens with one attached hydrogen (secondary N) is 1. The van der Waals surface area contributed by atoms with Gasteiger partial charge in [0, 0.05) is 56.1 Å². The minimum atomic E-state index is 0.00933. The fourth-order valence-electron chi connectivity index (χ4n) is 7.67. The van der Waals surface area contributed by atoms with E-state index < -0.39 is 0 Å². The van der Waals surface area contributed by atoms with Gasteiger partial charge in [-0.15, -0.1) is 0 Å². The number of fused-ring (bicyclic) bond motifs is 1. The van der Waals surface area contributed by atoms with E-state index in [1.165, 1.54) is 0 Å². The molecular formula is C33H34N8O2. The number of nitriles is 1. The van der Waals surface area contributed by atoms with Crippen molar-refractivity contribution in [3.05, 3.63) is 71.3 Å². The highest BCUT2D eigenvalue weighted by Crippen LogP contribution is 2.41. The van der Waals surface area contributed by atoms with E-state index in [9.17, 15) is 14.9 Å². The number of aromatic nitrogens is 3. The van der Waals surface area contributed by atoms with Crippen LogP contribution in [-0.4, -0.2) is 86.8 Å². The van der Waals surface area contributed by atoms with E-state index in [0.29, 0.717) is 30.8 Å². The molecule has 2 saturated heterocycles. The van der Waals surface area contributed by atoms with Crippen molar-refractivity contribution >= 4 is 39.6 Å². The highest BCUT2D eigenvalue weighted by atomic mass is 16.2. The topological polar surface area (TPSA) is 102 Å². The number of carbonyl (C=O) groups is 2. The Balaban J connectivity index is 1.16. The number of nitrogens with zero attached hydrogens (tertiary/aromatic N) is 7. The number of urea groups is 1. The van der Waals surface area contributed by atoms with E-state index in [1.807, 2.05) is 45.8 Å². The number of likely N-dealkylation sites (tertiary alicyclic amines) is 2. The zero-order valence-corrected chi connectivity index (χ0v) is 24.3. The van der Waals surface area contributed by atoms with Gasteiger partial charge in [-0.25, -0.2) is 9.78 Å². The number of benzene rings is 1. The number of rotatable bonds is 2. The van der Waals surface area contributed by atoms with E-state index >= 15 is 0 Å². The van der Waals surface area contributed by atoms with Gasteiger partial charge >= 0.3 is 6.03 Å². The average molecular weight is 575 g/mol. The lowest BCUT2D eigenvalue weighted by atomic mass is 9.78. The molecule has 0 unspecified atom stereocenters. The van der Waals surface area contributed by atoms with Crippen LogP contribution in [-0.2, 0) is 17.9 Å². The second kappa shape index (κ2) is 9.71. The molecule has 3 aromatic heterocycles. The molecule has 10 heteroatoms. The largest absolute Gasteiger partial charge is 0.376 e. The maximum atomic E-state index is 13.9. The van der Waals surface area contributed by atoms with Crippen molar-refractivity contribution in [3.63, 3.8) is 0 Å². The summed E-state index contributed by atoms with van der Waals surface area (Å²) in [7, 11) is 2.18. The predicted molar refractivity (Wildman–Crippen MR) is 163 cm³/mol. The summed E-state index contributed by atoms with van der Waals surface area (Å²) in [5, 5.41) is 14.3. The molecule has 4 aliphatic rings. The van der Waals surface area contributed by atoms with E-state index in [1.54, 1.807) is 6.20 Å². The van der Waals surface area contributed by atoms with E-state index in [2.05, 4.69) is 44.0 Å². The van der Waals surface area contributed by atoms with Gasteiger partial charge in [-0.05, 0) is 74.6 Å². The molecule has 10 nitrogen and oxygen atoms in total. The van der Waals surface area contributed by atoms with Gasteiger partial charge in [0.2, 0.25) is 0 Å². The Bertz CT molecular complexity index is 1880. The van der Waals surface area contributed by atoms with Crippen LogP contribution in [0.2, 0.25) is 0 Å². The molecule has 0 atom stereocenters. The minimum absolute atomic E-state index is 0.00933. The summed E-state index contributed by atoms with van der Waals surface area (Å²) in [5.41, 5.74) is 6.55. The number of hydrogen-bond acceptors (Lipinski definition) is 6. The van der Waals surface area contributed by atoms with Crippen molar-refractivity contribution in [2.24, 2.45) is 5.41 Å². The zero-order valence-electron chi connectivity index (χ0n) is 24.3. The minimum Gasteiger partial charge on any atom is -0.376 e. The maximum Gasteiger partial charge on any atom is 0.320 e. The van der Waals surface area contributed by atoms with Crippen LogP contribution < -0.4 is 5.32 Å². The normalized spacial score (nSPS) is 20.3. The van der Waals surface area contributed by atoms with Crippen molar-refractivity contribution < 1.29 is 9.59 Å².